The van der Waals surface area contributed by atoms with E-state index in [4.69, 9.17) is 0 Å². The molecule has 0 saturated heterocycles. The van der Waals surface area contributed by atoms with Crippen LogP contribution in [0, 0.1) is 0 Å². The van der Waals surface area contributed by atoms with E-state index in [1.807, 2.05) is 0 Å². The summed E-state index contributed by atoms with van der Waals surface area (Å²) in [5.74, 6) is 0. The quantitative estimate of drug-likeness (QED) is 0.111. The van der Waals surface area contributed by atoms with Crippen LogP contribution in [0.5, 0.6) is 0 Å². The largest absolute Gasteiger partial charge is 0.334 e. The van der Waals surface area contributed by atoms with Gasteiger partial charge in [0.25, 0.3) is 0 Å². The number of benzene rings is 9. The van der Waals surface area contributed by atoms with E-state index in [1.54, 1.807) is 0 Å². The first-order valence-electron chi connectivity index (χ1n) is 28.7. The van der Waals surface area contributed by atoms with Crippen LogP contribution in [-0.4, -0.2) is 27.2 Å². The molecule has 4 aliphatic rings. The van der Waals surface area contributed by atoms with E-state index in [2.05, 4.69) is 259 Å². The second kappa shape index (κ2) is 17.5. The Morgan fingerprint density at radius 1 is 0.329 bits per heavy atom. The molecule has 0 bridgehead atoms. The van der Waals surface area contributed by atoms with Gasteiger partial charge in [0, 0.05) is 33.6 Å². The van der Waals surface area contributed by atoms with Gasteiger partial charge in [-0.3, -0.25) is 0 Å². The van der Waals surface area contributed by atoms with Crippen LogP contribution in [0.1, 0.15) is 90.2 Å². The number of fused-ring (bicyclic) bond motifs is 8. The van der Waals surface area contributed by atoms with E-state index in [1.165, 1.54) is 162 Å². The van der Waals surface area contributed by atoms with E-state index in [0.29, 0.717) is 0 Å². The zero-order valence-corrected chi connectivity index (χ0v) is 48.9. The highest BCUT2D eigenvalue weighted by molar-refractivity contribution is 6.89. The molecule has 2 aliphatic carbocycles. The predicted molar refractivity (Wildman–Crippen MR) is 335 cm³/mol. The van der Waals surface area contributed by atoms with Crippen molar-refractivity contribution in [3.05, 3.63) is 193 Å². The van der Waals surface area contributed by atoms with Crippen LogP contribution in [0.2, 0.25) is 39.3 Å². The van der Waals surface area contributed by atoms with Crippen molar-refractivity contribution in [3.8, 4) is 44.5 Å². The van der Waals surface area contributed by atoms with Gasteiger partial charge in [-0.05, 0) is 177 Å². The summed E-state index contributed by atoms with van der Waals surface area (Å²) in [5.41, 5.74) is 18.7. The highest BCUT2D eigenvalue weighted by Crippen LogP contribution is 2.63. The third-order valence-electron chi connectivity index (χ3n) is 20.1. The molecule has 9 aromatic carbocycles. The first-order valence-corrected chi connectivity index (χ1v) is 35.7. The Morgan fingerprint density at radius 3 is 1.03 bits per heavy atom. The van der Waals surface area contributed by atoms with Crippen LogP contribution in [0.25, 0.3) is 66.1 Å². The number of hydrogen-bond donors (Lipinski definition) is 0. The molecule has 2 aliphatic heterocycles. The van der Waals surface area contributed by atoms with Gasteiger partial charge >= 0.3 is 0 Å². The number of anilines is 4. The highest BCUT2D eigenvalue weighted by atomic mass is 28.3. The lowest BCUT2D eigenvalue weighted by atomic mass is 9.61. The molecule has 9 aromatic rings. The molecule has 382 valence electrons. The third-order valence-corrected chi connectivity index (χ3v) is 24.2. The van der Waals surface area contributed by atoms with E-state index < -0.39 is 16.1 Å². The van der Waals surface area contributed by atoms with Gasteiger partial charge in [0.1, 0.15) is 0 Å². The molecule has 0 aromatic heterocycles. The summed E-state index contributed by atoms with van der Waals surface area (Å²) >= 11 is 0. The van der Waals surface area contributed by atoms with Gasteiger partial charge in [-0.15, -0.1) is 0 Å². The molecule has 76 heavy (non-hydrogen) atoms. The molecule has 0 spiro atoms. The molecule has 2 heterocycles. The molecule has 2 fully saturated rings. The monoisotopic (exact) mass is 1020 g/mol. The summed E-state index contributed by atoms with van der Waals surface area (Å²) in [7, 11) is -3.10. The SMILES string of the molecule is CC12CCCCC1(C)N(c1ccccc1)c1ccc(-c3ccc4c(-c5ccc([Si](C)(C)C)cc5)c5cc(-c6ccc7c(c6)C6(C)CCCCC6(C)N7c6ccccc6)ccc5c(-c5ccc([Si](C)(C)C)cc5)c4c3)cc12. The number of hydrogen-bond acceptors (Lipinski definition) is 2. The van der Waals surface area contributed by atoms with Crippen LogP contribution < -0.4 is 20.2 Å². The summed E-state index contributed by atoms with van der Waals surface area (Å²) in [6.45, 7) is 25.0. The fourth-order valence-electron chi connectivity index (χ4n) is 15.3. The molecule has 4 heteroatoms. The highest BCUT2D eigenvalue weighted by Gasteiger charge is 2.59. The van der Waals surface area contributed by atoms with Crippen molar-refractivity contribution in [1.82, 2.24) is 0 Å². The van der Waals surface area contributed by atoms with Gasteiger partial charge in [0.2, 0.25) is 0 Å². The van der Waals surface area contributed by atoms with E-state index in [0.717, 1.165) is 0 Å². The van der Waals surface area contributed by atoms with Crippen LogP contribution in [0.15, 0.2) is 182 Å². The first-order chi connectivity index (χ1) is 36.4. The lowest BCUT2D eigenvalue weighted by molar-refractivity contribution is 0.195. The summed E-state index contributed by atoms with van der Waals surface area (Å²) in [6.07, 6.45) is 9.83. The van der Waals surface area contributed by atoms with Gasteiger partial charge < -0.3 is 9.80 Å². The van der Waals surface area contributed by atoms with Crippen LogP contribution >= 0.6 is 0 Å². The Bertz CT molecular complexity index is 3490. The van der Waals surface area contributed by atoms with E-state index in [9.17, 15) is 0 Å². The van der Waals surface area contributed by atoms with Crippen LogP contribution in [0.4, 0.5) is 22.7 Å². The lowest BCUT2D eigenvalue weighted by Crippen LogP contribution is -2.54. The maximum Gasteiger partial charge on any atom is 0.0775 e. The zero-order valence-electron chi connectivity index (χ0n) is 46.9. The van der Waals surface area contributed by atoms with Crippen molar-refractivity contribution in [2.45, 2.75) is 140 Å². The fourth-order valence-corrected chi connectivity index (χ4v) is 17.6. The minimum absolute atomic E-state index is 0.000608. The first kappa shape index (κ1) is 49.1. The smallest absolute Gasteiger partial charge is 0.0775 e. The molecule has 13 rings (SSSR count). The van der Waals surface area contributed by atoms with E-state index in [-0.39, 0.29) is 21.9 Å². The van der Waals surface area contributed by atoms with Crippen molar-refractivity contribution in [1.29, 1.82) is 0 Å². The summed E-state index contributed by atoms with van der Waals surface area (Å²) in [5, 5.41) is 8.21. The van der Waals surface area contributed by atoms with Crippen molar-refractivity contribution in [3.63, 3.8) is 0 Å². The molecule has 2 saturated carbocycles. The van der Waals surface area contributed by atoms with Gasteiger partial charge in [0.05, 0.1) is 27.2 Å². The topological polar surface area (TPSA) is 6.48 Å². The minimum Gasteiger partial charge on any atom is -0.334 e. The molecule has 0 N–H and O–H groups in total. The summed E-state index contributed by atoms with van der Waals surface area (Å²) in [6, 6.07) is 71.7. The average molecular weight is 1030 g/mol. The van der Waals surface area contributed by atoms with E-state index >= 15 is 0 Å². The zero-order chi connectivity index (χ0) is 52.6. The molecule has 0 radical (unpaired) electrons. The standard InChI is InChI=1S/C72H76N2Si2/c1-69-41-17-19-43-71(69,3)73(55-21-13-11-14-22-55)65-39-31-53(47-63(65)69)51-29-37-59-61(45-51)67(49-25-33-57(34-26-49)75(5,6)7)60-38-30-52(46-62(60)68(59)50-27-35-58(36-28-50)76(8,9)10)54-32-40-66-64(48-54)70(2)42-18-20-44-72(70,4)74(66)56-23-15-12-16-24-56/h11-16,21-40,45-48H,17-20,41-44H2,1-10H3. The summed E-state index contributed by atoms with van der Waals surface area (Å²) < 4.78 is 0. The normalized spacial score (nSPS) is 23.1. The van der Waals surface area contributed by atoms with Gasteiger partial charge in [-0.25, -0.2) is 0 Å². The Kier molecular flexibility index (Phi) is 11.3. The van der Waals surface area contributed by atoms with Crippen LogP contribution in [-0.2, 0) is 10.8 Å². The van der Waals surface area contributed by atoms with Crippen LogP contribution in [0.3, 0.4) is 0 Å². The van der Waals surface area contributed by atoms with Crippen molar-refractivity contribution < 1.29 is 0 Å². The molecule has 0 amide bonds. The second-order valence-corrected chi connectivity index (χ2v) is 36.5. The number of para-hydroxylation sites is 2. The molecule has 4 atom stereocenters. The Hall–Kier alpha value is -6.47. The Morgan fingerprint density at radius 2 is 0.658 bits per heavy atom. The fraction of sp³-hybridized carbons (Fsp3) is 0.306. The Labute approximate surface area is 455 Å². The number of rotatable bonds is 8. The minimum atomic E-state index is -1.55. The lowest BCUT2D eigenvalue weighted by Gasteiger charge is -2.50. The number of nitrogens with zero attached hydrogens (tertiary/aromatic N) is 2. The van der Waals surface area contributed by atoms with Crippen molar-refractivity contribution in [2.24, 2.45) is 0 Å². The maximum absolute atomic E-state index is 2.70. The predicted octanol–water partition coefficient (Wildman–Crippen LogP) is 19.2. The van der Waals surface area contributed by atoms with Crippen molar-refractivity contribution >= 4 is 70.8 Å². The van der Waals surface area contributed by atoms with Crippen molar-refractivity contribution in [2.75, 3.05) is 9.80 Å². The molecule has 2 nitrogen and oxygen atoms in total. The van der Waals surface area contributed by atoms with Gasteiger partial charge in [-0.1, -0.05) is 211 Å². The third kappa shape index (κ3) is 7.36. The Balaban J connectivity index is 1.04. The molecular formula is C72H76N2Si2. The van der Waals surface area contributed by atoms with Gasteiger partial charge in [0.15, 0.2) is 0 Å². The average Bonchev–Trinajstić information content (AvgIpc) is 3.81. The summed E-state index contributed by atoms with van der Waals surface area (Å²) in [4.78, 5) is 5.40. The maximum atomic E-state index is 2.70. The van der Waals surface area contributed by atoms with Gasteiger partial charge in [-0.2, -0.15) is 0 Å². The molecule has 4 unspecified atom stereocenters. The molecular weight excluding hydrogens is 949 g/mol. The second-order valence-electron chi connectivity index (χ2n) is 26.4.